The standard InChI is InChI=1S/C18H28ClNO3/c1-14-9-15(2)11-20(10-14)12-17(21)13-22-7-8-23-18-5-3-16(19)4-6-18/h3-6,14-15,17,21H,7-13H2,1-2H3/t14-,15-,17-/m1/s1. The lowest BCUT2D eigenvalue weighted by Gasteiger charge is -2.35. The van der Waals surface area contributed by atoms with E-state index in [1.165, 1.54) is 6.42 Å². The number of hydrogen-bond acceptors (Lipinski definition) is 4. The van der Waals surface area contributed by atoms with E-state index in [-0.39, 0.29) is 0 Å². The van der Waals surface area contributed by atoms with Crippen molar-refractivity contribution in [2.24, 2.45) is 11.8 Å². The average molecular weight is 342 g/mol. The fourth-order valence-corrected chi connectivity index (χ4v) is 3.39. The van der Waals surface area contributed by atoms with Gasteiger partial charge in [-0.1, -0.05) is 25.4 Å². The van der Waals surface area contributed by atoms with Crippen LogP contribution in [0.15, 0.2) is 24.3 Å². The number of benzene rings is 1. The zero-order valence-corrected chi connectivity index (χ0v) is 14.8. The summed E-state index contributed by atoms with van der Waals surface area (Å²) in [7, 11) is 0. The van der Waals surface area contributed by atoms with Gasteiger partial charge < -0.3 is 19.5 Å². The van der Waals surface area contributed by atoms with Crippen LogP contribution in [0.1, 0.15) is 20.3 Å². The van der Waals surface area contributed by atoms with Gasteiger partial charge in [0.05, 0.1) is 19.3 Å². The molecule has 4 nitrogen and oxygen atoms in total. The molecule has 0 spiro atoms. The Kier molecular flexibility index (Phi) is 7.63. The third kappa shape index (κ3) is 7.08. The van der Waals surface area contributed by atoms with Crippen molar-refractivity contribution in [3.8, 4) is 5.75 Å². The van der Waals surface area contributed by atoms with E-state index in [1.54, 1.807) is 12.1 Å². The van der Waals surface area contributed by atoms with E-state index in [2.05, 4.69) is 18.7 Å². The molecule has 1 heterocycles. The van der Waals surface area contributed by atoms with Gasteiger partial charge in [0.15, 0.2) is 0 Å². The molecule has 5 heteroatoms. The maximum Gasteiger partial charge on any atom is 0.119 e. The fraction of sp³-hybridized carbons (Fsp3) is 0.667. The van der Waals surface area contributed by atoms with Gasteiger partial charge in [-0.25, -0.2) is 0 Å². The molecule has 0 amide bonds. The van der Waals surface area contributed by atoms with Gasteiger partial charge in [-0.2, -0.15) is 0 Å². The first kappa shape index (κ1) is 18.5. The fourth-order valence-electron chi connectivity index (χ4n) is 3.26. The molecule has 1 aromatic carbocycles. The highest BCUT2D eigenvalue weighted by atomic mass is 35.5. The molecule has 0 aliphatic carbocycles. The summed E-state index contributed by atoms with van der Waals surface area (Å²) in [6.45, 7) is 8.66. The van der Waals surface area contributed by atoms with Crippen LogP contribution in [-0.2, 0) is 4.74 Å². The van der Waals surface area contributed by atoms with E-state index in [9.17, 15) is 5.11 Å². The van der Waals surface area contributed by atoms with Crippen molar-refractivity contribution in [1.82, 2.24) is 4.90 Å². The van der Waals surface area contributed by atoms with Crippen LogP contribution in [-0.4, -0.2) is 55.6 Å². The van der Waals surface area contributed by atoms with E-state index in [1.807, 2.05) is 12.1 Å². The number of aliphatic hydroxyl groups is 1. The van der Waals surface area contributed by atoms with Crippen LogP contribution in [0.2, 0.25) is 5.02 Å². The first-order valence-corrected chi connectivity index (χ1v) is 8.77. The summed E-state index contributed by atoms with van der Waals surface area (Å²) in [5.41, 5.74) is 0. The Bertz CT molecular complexity index is 444. The van der Waals surface area contributed by atoms with Gasteiger partial charge in [0.2, 0.25) is 0 Å². The van der Waals surface area contributed by atoms with Crippen LogP contribution < -0.4 is 4.74 Å². The van der Waals surface area contributed by atoms with Crippen molar-refractivity contribution in [2.45, 2.75) is 26.4 Å². The van der Waals surface area contributed by atoms with Crippen LogP contribution in [0.4, 0.5) is 0 Å². The summed E-state index contributed by atoms with van der Waals surface area (Å²) >= 11 is 5.82. The summed E-state index contributed by atoms with van der Waals surface area (Å²) < 4.78 is 11.1. The number of likely N-dealkylation sites (tertiary alicyclic amines) is 1. The SMILES string of the molecule is C[C@@H]1C[C@@H](C)CN(C[C@@H](O)COCCOc2ccc(Cl)cc2)C1. The first-order chi connectivity index (χ1) is 11.0. The summed E-state index contributed by atoms with van der Waals surface area (Å²) in [6, 6.07) is 7.25. The first-order valence-electron chi connectivity index (χ1n) is 8.39. The van der Waals surface area contributed by atoms with Gasteiger partial charge in [0, 0.05) is 24.7 Å². The largest absolute Gasteiger partial charge is 0.491 e. The normalized spacial score (nSPS) is 23.7. The Labute approximate surface area is 144 Å². The van der Waals surface area contributed by atoms with Crippen molar-refractivity contribution in [3.63, 3.8) is 0 Å². The highest BCUT2D eigenvalue weighted by Crippen LogP contribution is 2.21. The lowest BCUT2D eigenvalue weighted by Crippen LogP contribution is -2.43. The van der Waals surface area contributed by atoms with E-state index < -0.39 is 6.10 Å². The average Bonchev–Trinajstić information content (AvgIpc) is 2.47. The van der Waals surface area contributed by atoms with Crippen molar-refractivity contribution >= 4 is 11.6 Å². The molecule has 23 heavy (non-hydrogen) atoms. The Morgan fingerprint density at radius 2 is 1.83 bits per heavy atom. The Morgan fingerprint density at radius 3 is 2.48 bits per heavy atom. The minimum Gasteiger partial charge on any atom is -0.491 e. The van der Waals surface area contributed by atoms with Crippen LogP contribution in [0, 0.1) is 11.8 Å². The Balaban J connectivity index is 1.56. The lowest BCUT2D eigenvalue weighted by atomic mass is 9.92. The van der Waals surface area contributed by atoms with E-state index in [0.717, 1.165) is 18.8 Å². The molecule has 1 aliphatic heterocycles. The van der Waals surface area contributed by atoms with Gasteiger partial charge in [-0.15, -0.1) is 0 Å². The highest BCUT2D eigenvalue weighted by molar-refractivity contribution is 6.30. The molecule has 0 radical (unpaired) electrons. The lowest BCUT2D eigenvalue weighted by molar-refractivity contribution is -0.00211. The number of β-amino-alcohol motifs (C(OH)–C–C–N with tert-alkyl or cyclic N) is 1. The Hall–Kier alpha value is -0.810. The van der Waals surface area contributed by atoms with Gasteiger partial charge in [0.1, 0.15) is 12.4 Å². The monoisotopic (exact) mass is 341 g/mol. The number of nitrogens with zero attached hydrogens (tertiary/aromatic N) is 1. The molecule has 0 bridgehead atoms. The van der Waals surface area contributed by atoms with Crippen LogP contribution >= 0.6 is 11.6 Å². The third-order valence-corrected chi connectivity index (χ3v) is 4.29. The van der Waals surface area contributed by atoms with Crippen molar-refractivity contribution in [2.75, 3.05) is 39.5 Å². The summed E-state index contributed by atoms with van der Waals surface area (Å²) in [5.74, 6) is 2.19. The van der Waals surface area contributed by atoms with Gasteiger partial charge >= 0.3 is 0 Å². The molecule has 1 aromatic rings. The van der Waals surface area contributed by atoms with Crippen molar-refractivity contribution in [3.05, 3.63) is 29.3 Å². The molecule has 130 valence electrons. The quantitative estimate of drug-likeness (QED) is 0.738. The van der Waals surface area contributed by atoms with Gasteiger partial charge in [-0.05, 0) is 42.5 Å². The Morgan fingerprint density at radius 1 is 1.17 bits per heavy atom. The van der Waals surface area contributed by atoms with Crippen LogP contribution in [0.3, 0.4) is 0 Å². The van der Waals surface area contributed by atoms with E-state index >= 15 is 0 Å². The summed E-state index contributed by atoms with van der Waals surface area (Å²) in [4.78, 5) is 2.34. The topological polar surface area (TPSA) is 41.9 Å². The second-order valence-electron chi connectivity index (χ2n) is 6.70. The molecule has 1 aliphatic rings. The molecule has 2 rings (SSSR count). The molecular weight excluding hydrogens is 314 g/mol. The molecule has 1 fully saturated rings. The third-order valence-electron chi connectivity index (χ3n) is 4.03. The molecule has 0 unspecified atom stereocenters. The van der Waals surface area contributed by atoms with Crippen molar-refractivity contribution in [1.29, 1.82) is 0 Å². The van der Waals surface area contributed by atoms with Crippen LogP contribution in [0.5, 0.6) is 5.75 Å². The predicted octanol–water partition coefficient (Wildman–Crippen LogP) is 3.07. The van der Waals surface area contributed by atoms with E-state index in [4.69, 9.17) is 21.1 Å². The molecule has 1 saturated heterocycles. The molecule has 0 saturated carbocycles. The summed E-state index contributed by atoms with van der Waals surface area (Å²) in [6.07, 6.45) is 0.841. The summed E-state index contributed by atoms with van der Waals surface area (Å²) in [5, 5.41) is 10.8. The second kappa shape index (κ2) is 9.48. The number of aliphatic hydroxyl groups excluding tert-OH is 1. The predicted molar refractivity (Wildman–Crippen MR) is 93.2 cm³/mol. The minimum absolute atomic E-state index is 0.350. The number of halogens is 1. The number of piperidine rings is 1. The van der Waals surface area contributed by atoms with E-state index in [0.29, 0.717) is 43.2 Å². The zero-order valence-electron chi connectivity index (χ0n) is 14.1. The molecule has 0 aromatic heterocycles. The van der Waals surface area contributed by atoms with Crippen LogP contribution in [0.25, 0.3) is 0 Å². The van der Waals surface area contributed by atoms with Gasteiger partial charge in [-0.3, -0.25) is 0 Å². The zero-order chi connectivity index (χ0) is 16.7. The number of hydrogen-bond donors (Lipinski definition) is 1. The minimum atomic E-state index is -0.442. The smallest absolute Gasteiger partial charge is 0.119 e. The van der Waals surface area contributed by atoms with Gasteiger partial charge in [0.25, 0.3) is 0 Å². The van der Waals surface area contributed by atoms with Crippen molar-refractivity contribution < 1.29 is 14.6 Å². The number of ether oxygens (including phenoxy) is 2. The highest BCUT2D eigenvalue weighted by Gasteiger charge is 2.23. The maximum absolute atomic E-state index is 10.1. The number of rotatable bonds is 8. The second-order valence-corrected chi connectivity index (χ2v) is 7.13. The molecular formula is C18H28ClNO3. The molecule has 1 N–H and O–H groups in total. The molecule has 3 atom stereocenters. The maximum atomic E-state index is 10.1.